The molecule has 0 aromatic heterocycles. The quantitative estimate of drug-likeness (QED) is 0.801. The molecule has 1 amide bonds. The minimum Gasteiger partial charge on any atom is -0.493 e. The molecular weight excluding hydrogens is 312 g/mol. The standard InChI is InChI=1S/C18H28N2O2.ClH/c1-14(2)13-22-16-7-5-15(6-8-16)9-12-20-17(21)18(19)10-3-4-11-18;/h5-8,14H,3-4,9-13,19H2,1-2H3,(H,20,21);1H. The molecule has 0 unspecified atom stereocenters. The van der Waals surface area contributed by atoms with Crippen LogP contribution in [0.1, 0.15) is 45.1 Å². The van der Waals surface area contributed by atoms with Gasteiger partial charge in [0.05, 0.1) is 12.1 Å². The van der Waals surface area contributed by atoms with Gasteiger partial charge in [0, 0.05) is 6.54 Å². The Kier molecular flexibility index (Phi) is 7.86. The summed E-state index contributed by atoms with van der Waals surface area (Å²) in [4.78, 5) is 12.1. The van der Waals surface area contributed by atoms with Crippen molar-refractivity contribution >= 4 is 18.3 Å². The van der Waals surface area contributed by atoms with Crippen molar-refractivity contribution < 1.29 is 9.53 Å². The number of amides is 1. The second-order valence-electron chi connectivity index (χ2n) is 6.72. The van der Waals surface area contributed by atoms with E-state index in [0.29, 0.717) is 12.5 Å². The number of hydrogen-bond donors (Lipinski definition) is 2. The van der Waals surface area contributed by atoms with Crippen LogP contribution in [0.2, 0.25) is 0 Å². The van der Waals surface area contributed by atoms with E-state index in [1.807, 2.05) is 12.1 Å². The van der Waals surface area contributed by atoms with Crippen LogP contribution in [0.4, 0.5) is 0 Å². The summed E-state index contributed by atoms with van der Waals surface area (Å²) in [6, 6.07) is 8.08. The highest BCUT2D eigenvalue weighted by molar-refractivity contribution is 5.86. The first-order valence-corrected chi connectivity index (χ1v) is 8.28. The van der Waals surface area contributed by atoms with E-state index in [-0.39, 0.29) is 18.3 Å². The Hall–Kier alpha value is -1.26. The van der Waals surface area contributed by atoms with Crippen molar-refractivity contribution in [3.63, 3.8) is 0 Å². The first kappa shape index (κ1) is 19.8. The Bertz CT molecular complexity index is 482. The third-order valence-corrected chi connectivity index (χ3v) is 4.15. The summed E-state index contributed by atoms with van der Waals surface area (Å²) >= 11 is 0. The average molecular weight is 341 g/mol. The highest BCUT2D eigenvalue weighted by atomic mass is 35.5. The van der Waals surface area contributed by atoms with Crippen LogP contribution in [0.3, 0.4) is 0 Å². The molecule has 1 aromatic carbocycles. The second-order valence-corrected chi connectivity index (χ2v) is 6.72. The molecule has 23 heavy (non-hydrogen) atoms. The van der Waals surface area contributed by atoms with Gasteiger partial charge in [-0.25, -0.2) is 0 Å². The first-order chi connectivity index (χ1) is 10.5. The number of benzene rings is 1. The van der Waals surface area contributed by atoms with E-state index in [2.05, 4.69) is 31.3 Å². The number of halogens is 1. The molecule has 0 saturated heterocycles. The molecule has 130 valence electrons. The van der Waals surface area contributed by atoms with Gasteiger partial charge in [0.1, 0.15) is 5.75 Å². The number of carbonyl (C=O) groups is 1. The predicted molar refractivity (Wildman–Crippen MR) is 96.1 cm³/mol. The maximum Gasteiger partial charge on any atom is 0.240 e. The minimum absolute atomic E-state index is 0. The first-order valence-electron chi connectivity index (χ1n) is 8.28. The lowest BCUT2D eigenvalue weighted by atomic mass is 9.98. The summed E-state index contributed by atoms with van der Waals surface area (Å²) < 4.78 is 5.66. The van der Waals surface area contributed by atoms with E-state index in [1.54, 1.807) is 0 Å². The molecule has 0 bridgehead atoms. The van der Waals surface area contributed by atoms with E-state index in [9.17, 15) is 4.79 Å². The highest BCUT2D eigenvalue weighted by Gasteiger charge is 2.36. The van der Waals surface area contributed by atoms with Gasteiger partial charge in [0.15, 0.2) is 0 Å². The minimum atomic E-state index is -0.630. The Labute approximate surface area is 145 Å². The predicted octanol–water partition coefficient (Wildman–Crippen LogP) is 3.07. The molecule has 0 aliphatic heterocycles. The summed E-state index contributed by atoms with van der Waals surface area (Å²) in [5.74, 6) is 1.42. The molecule has 0 spiro atoms. The molecule has 3 N–H and O–H groups in total. The second kappa shape index (κ2) is 9.14. The topological polar surface area (TPSA) is 64.3 Å². The Morgan fingerprint density at radius 1 is 1.26 bits per heavy atom. The molecule has 0 atom stereocenters. The molecule has 1 aliphatic rings. The zero-order chi connectivity index (χ0) is 16.0. The van der Waals surface area contributed by atoms with Gasteiger partial charge in [0.25, 0.3) is 0 Å². The van der Waals surface area contributed by atoms with Crippen molar-refractivity contribution in [2.24, 2.45) is 11.7 Å². The van der Waals surface area contributed by atoms with Gasteiger partial charge in [-0.15, -0.1) is 12.4 Å². The van der Waals surface area contributed by atoms with Gasteiger partial charge in [-0.2, -0.15) is 0 Å². The molecule has 0 radical (unpaired) electrons. The van der Waals surface area contributed by atoms with E-state index in [4.69, 9.17) is 10.5 Å². The molecular formula is C18H29ClN2O2. The zero-order valence-corrected chi connectivity index (χ0v) is 15.0. The van der Waals surface area contributed by atoms with Crippen LogP contribution in [0.5, 0.6) is 5.75 Å². The van der Waals surface area contributed by atoms with Crippen LogP contribution < -0.4 is 15.8 Å². The molecule has 2 rings (SSSR count). The number of nitrogens with two attached hydrogens (primary N) is 1. The Balaban J connectivity index is 0.00000264. The summed E-state index contributed by atoms with van der Waals surface area (Å²) in [6.07, 6.45) is 4.54. The monoisotopic (exact) mass is 340 g/mol. The summed E-state index contributed by atoms with van der Waals surface area (Å²) in [6.45, 7) is 5.62. The number of rotatable bonds is 7. The maximum atomic E-state index is 12.1. The van der Waals surface area contributed by atoms with Crippen LogP contribution in [0.15, 0.2) is 24.3 Å². The maximum absolute atomic E-state index is 12.1. The van der Waals surface area contributed by atoms with Crippen molar-refractivity contribution in [1.82, 2.24) is 5.32 Å². The average Bonchev–Trinajstić information content (AvgIpc) is 2.94. The third-order valence-electron chi connectivity index (χ3n) is 4.15. The van der Waals surface area contributed by atoms with Gasteiger partial charge in [-0.05, 0) is 42.9 Å². The van der Waals surface area contributed by atoms with Crippen LogP contribution in [-0.2, 0) is 11.2 Å². The van der Waals surface area contributed by atoms with Gasteiger partial charge in [-0.1, -0.05) is 38.8 Å². The van der Waals surface area contributed by atoms with Crippen LogP contribution in [0, 0.1) is 5.92 Å². The van der Waals surface area contributed by atoms with Crippen LogP contribution >= 0.6 is 12.4 Å². The normalized spacial score (nSPS) is 16.0. The van der Waals surface area contributed by atoms with Crippen molar-refractivity contribution in [1.29, 1.82) is 0 Å². The zero-order valence-electron chi connectivity index (χ0n) is 14.1. The largest absolute Gasteiger partial charge is 0.493 e. The molecule has 0 heterocycles. The number of nitrogens with one attached hydrogen (secondary N) is 1. The molecule has 4 nitrogen and oxygen atoms in total. The number of carbonyl (C=O) groups excluding carboxylic acids is 1. The highest BCUT2D eigenvalue weighted by Crippen LogP contribution is 2.27. The van der Waals surface area contributed by atoms with E-state index in [0.717, 1.165) is 44.5 Å². The lowest BCUT2D eigenvalue weighted by Gasteiger charge is -2.22. The Morgan fingerprint density at radius 3 is 2.43 bits per heavy atom. The van der Waals surface area contributed by atoms with Crippen LogP contribution in [-0.4, -0.2) is 24.6 Å². The molecule has 1 fully saturated rings. The van der Waals surface area contributed by atoms with Crippen molar-refractivity contribution in [2.45, 2.75) is 51.5 Å². The number of hydrogen-bond acceptors (Lipinski definition) is 3. The molecule has 1 aromatic rings. The molecule has 1 saturated carbocycles. The lowest BCUT2D eigenvalue weighted by Crippen LogP contribution is -2.52. The summed E-state index contributed by atoms with van der Waals surface area (Å²) in [5, 5.41) is 2.97. The van der Waals surface area contributed by atoms with Gasteiger partial charge < -0.3 is 15.8 Å². The third kappa shape index (κ3) is 6.04. The molecule has 5 heteroatoms. The van der Waals surface area contributed by atoms with Crippen molar-refractivity contribution in [2.75, 3.05) is 13.2 Å². The fourth-order valence-electron chi connectivity index (χ4n) is 2.74. The smallest absolute Gasteiger partial charge is 0.240 e. The Morgan fingerprint density at radius 2 is 1.87 bits per heavy atom. The fraction of sp³-hybridized carbons (Fsp3) is 0.611. The lowest BCUT2D eigenvalue weighted by molar-refractivity contribution is -0.126. The van der Waals surface area contributed by atoms with Crippen LogP contribution in [0.25, 0.3) is 0 Å². The van der Waals surface area contributed by atoms with E-state index >= 15 is 0 Å². The summed E-state index contributed by atoms with van der Waals surface area (Å²) in [7, 11) is 0. The van der Waals surface area contributed by atoms with Crippen molar-refractivity contribution in [3.05, 3.63) is 29.8 Å². The molecule has 1 aliphatic carbocycles. The van der Waals surface area contributed by atoms with Crippen molar-refractivity contribution in [3.8, 4) is 5.75 Å². The summed E-state index contributed by atoms with van der Waals surface area (Å²) in [5.41, 5.74) is 6.69. The van der Waals surface area contributed by atoms with E-state index < -0.39 is 5.54 Å². The van der Waals surface area contributed by atoms with E-state index in [1.165, 1.54) is 5.56 Å². The SMILES string of the molecule is CC(C)COc1ccc(CCNC(=O)C2(N)CCCC2)cc1.Cl. The number of ether oxygens (including phenoxy) is 1. The fourth-order valence-corrected chi connectivity index (χ4v) is 2.74. The van der Waals surface area contributed by atoms with Gasteiger partial charge >= 0.3 is 0 Å². The van der Waals surface area contributed by atoms with Gasteiger partial charge in [0.2, 0.25) is 5.91 Å². The van der Waals surface area contributed by atoms with Gasteiger partial charge in [-0.3, -0.25) is 4.79 Å².